The molecule has 1 fully saturated rings. The second-order valence-corrected chi connectivity index (χ2v) is 6.44. The third kappa shape index (κ3) is 2.90. The van der Waals surface area contributed by atoms with Gasteiger partial charge in [-0.2, -0.15) is 0 Å². The molecule has 1 aliphatic heterocycles. The van der Waals surface area contributed by atoms with Crippen LogP contribution in [0.2, 0.25) is 5.02 Å². The van der Waals surface area contributed by atoms with E-state index in [0.29, 0.717) is 5.41 Å². The van der Waals surface area contributed by atoms with E-state index in [-0.39, 0.29) is 0 Å². The van der Waals surface area contributed by atoms with Crippen molar-refractivity contribution in [1.29, 1.82) is 0 Å². The van der Waals surface area contributed by atoms with E-state index in [4.69, 9.17) is 16.3 Å². The van der Waals surface area contributed by atoms with Crippen molar-refractivity contribution in [3.63, 3.8) is 0 Å². The van der Waals surface area contributed by atoms with E-state index in [1.807, 2.05) is 12.1 Å². The topological polar surface area (TPSA) is 21.3 Å². The second-order valence-electron chi connectivity index (χ2n) is 6.01. The second kappa shape index (κ2) is 5.34. The maximum absolute atomic E-state index is 6.18. The summed E-state index contributed by atoms with van der Waals surface area (Å²) in [7, 11) is 0. The monoisotopic (exact) mass is 279 g/mol. The van der Waals surface area contributed by atoms with Crippen LogP contribution in [-0.4, -0.2) is 13.2 Å². The van der Waals surface area contributed by atoms with Gasteiger partial charge in [-0.05, 0) is 42.4 Å². The Balaban J connectivity index is 1.61. The number of hydrogen-bond donors (Lipinski definition) is 1. The summed E-state index contributed by atoms with van der Waals surface area (Å²) in [5.74, 6) is 1.07. The fourth-order valence-corrected chi connectivity index (χ4v) is 3.43. The molecule has 3 rings (SSSR count). The van der Waals surface area contributed by atoms with E-state index in [1.54, 1.807) is 0 Å². The first-order valence-electron chi connectivity index (χ1n) is 7.37. The van der Waals surface area contributed by atoms with Gasteiger partial charge in [-0.3, -0.25) is 0 Å². The Kier molecular flexibility index (Phi) is 3.72. The molecule has 0 spiro atoms. The fourth-order valence-electron chi connectivity index (χ4n) is 3.16. The molecule has 1 aliphatic carbocycles. The summed E-state index contributed by atoms with van der Waals surface area (Å²) in [6.45, 7) is 5.07. The molecule has 1 aromatic carbocycles. The summed E-state index contributed by atoms with van der Waals surface area (Å²) in [6.07, 6.45) is 6.40. The molecule has 104 valence electrons. The summed E-state index contributed by atoms with van der Waals surface area (Å²) in [6, 6.07) is 4.07. The van der Waals surface area contributed by atoms with Crippen molar-refractivity contribution in [3.05, 3.63) is 28.3 Å². The third-order valence-electron chi connectivity index (χ3n) is 4.38. The van der Waals surface area contributed by atoms with Gasteiger partial charge in [0.25, 0.3) is 0 Å². The quantitative estimate of drug-likeness (QED) is 0.851. The lowest BCUT2D eigenvalue weighted by Gasteiger charge is -2.16. The van der Waals surface area contributed by atoms with Crippen molar-refractivity contribution >= 4 is 11.6 Å². The molecular weight excluding hydrogens is 258 g/mol. The smallest absolute Gasteiger partial charge is 0.127 e. The highest BCUT2D eigenvalue weighted by Gasteiger charge is 2.40. The molecule has 19 heavy (non-hydrogen) atoms. The lowest BCUT2D eigenvalue weighted by atomic mass is 10.0. The lowest BCUT2D eigenvalue weighted by Crippen LogP contribution is -2.23. The van der Waals surface area contributed by atoms with E-state index in [2.05, 4.69) is 12.2 Å². The lowest BCUT2D eigenvalue weighted by molar-refractivity contribution is 0.350. The van der Waals surface area contributed by atoms with Crippen LogP contribution in [0, 0.1) is 5.41 Å². The Labute approximate surface area is 120 Å². The number of hydrogen-bond acceptors (Lipinski definition) is 2. The summed E-state index contributed by atoms with van der Waals surface area (Å²) in [5.41, 5.74) is 3.07. The van der Waals surface area contributed by atoms with Gasteiger partial charge in [0.05, 0.1) is 6.61 Å². The summed E-state index contributed by atoms with van der Waals surface area (Å²) in [5, 5.41) is 4.44. The van der Waals surface area contributed by atoms with E-state index >= 15 is 0 Å². The normalized spacial score (nSPS) is 19.1. The summed E-state index contributed by atoms with van der Waals surface area (Å²) >= 11 is 6.18. The van der Waals surface area contributed by atoms with Crippen molar-refractivity contribution in [2.24, 2.45) is 5.41 Å². The molecule has 2 nitrogen and oxygen atoms in total. The van der Waals surface area contributed by atoms with E-state index in [9.17, 15) is 0 Å². The highest BCUT2D eigenvalue weighted by atomic mass is 35.5. The Hall–Kier alpha value is -0.730. The zero-order valence-electron chi connectivity index (χ0n) is 11.6. The van der Waals surface area contributed by atoms with Gasteiger partial charge in [-0.1, -0.05) is 24.9 Å². The highest BCUT2D eigenvalue weighted by Crippen LogP contribution is 2.49. The van der Waals surface area contributed by atoms with Crippen molar-refractivity contribution in [2.75, 3.05) is 13.2 Å². The molecule has 1 saturated carbocycles. The van der Waals surface area contributed by atoms with Gasteiger partial charge >= 0.3 is 0 Å². The van der Waals surface area contributed by atoms with Crippen LogP contribution in [0.25, 0.3) is 0 Å². The zero-order chi connectivity index (χ0) is 13.3. The average molecular weight is 280 g/mol. The molecule has 0 amide bonds. The summed E-state index contributed by atoms with van der Waals surface area (Å²) < 4.78 is 5.73. The van der Waals surface area contributed by atoms with Crippen LogP contribution < -0.4 is 10.1 Å². The molecule has 0 unspecified atom stereocenters. The van der Waals surface area contributed by atoms with Gasteiger partial charge in [-0.15, -0.1) is 0 Å². The predicted octanol–water partition coefficient (Wildman–Crippen LogP) is 3.94. The fraction of sp³-hybridized carbons (Fsp3) is 0.625. The van der Waals surface area contributed by atoms with Gasteiger partial charge < -0.3 is 10.1 Å². The van der Waals surface area contributed by atoms with Gasteiger partial charge in [0.15, 0.2) is 0 Å². The number of nitrogens with one attached hydrogen (secondary N) is 1. The van der Waals surface area contributed by atoms with Gasteiger partial charge in [0.1, 0.15) is 5.75 Å². The van der Waals surface area contributed by atoms with Crippen molar-refractivity contribution in [2.45, 2.75) is 45.6 Å². The molecular formula is C16H22ClNO. The predicted molar refractivity (Wildman–Crippen MR) is 78.9 cm³/mol. The average Bonchev–Trinajstić information content (AvgIpc) is 2.97. The maximum atomic E-state index is 6.18. The van der Waals surface area contributed by atoms with E-state index in [1.165, 1.54) is 36.8 Å². The van der Waals surface area contributed by atoms with Crippen LogP contribution >= 0.6 is 11.6 Å². The first kappa shape index (κ1) is 13.3. The number of halogens is 1. The van der Waals surface area contributed by atoms with E-state index < -0.39 is 0 Å². The van der Waals surface area contributed by atoms with Crippen molar-refractivity contribution in [1.82, 2.24) is 5.32 Å². The molecule has 1 aromatic rings. The molecule has 1 N–H and O–H groups in total. The minimum Gasteiger partial charge on any atom is -0.493 e. The van der Waals surface area contributed by atoms with Crippen LogP contribution in [-0.2, 0) is 13.0 Å². The van der Waals surface area contributed by atoms with Crippen molar-refractivity contribution in [3.8, 4) is 5.75 Å². The number of fused-ring (bicyclic) bond motifs is 1. The minimum atomic E-state index is 0.595. The molecule has 0 saturated heterocycles. The minimum absolute atomic E-state index is 0.595. The van der Waals surface area contributed by atoms with Gasteiger partial charge in [0, 0.05) is 30.1 Å². The molecule has 2 aliphatic rings. The van der Waals surface area contributed by atoms with Gasteiger partial charge in [0.2, 0.25) is 0 Å². The Bertz CT molecular complexity index is 468. The summed E-state index contributed by atoms with van der Waals surface area (Å²) in [4.78, 5) is 0. The Morgan fingerprint density at radius 2 is 2.21 bits per heavy atom. The molecule has 0 bridgehead atoms. The molecule has 0 aromatic heterocycles. The molecule has 1 heterocycles. The van der Waals surface area contributed by atoms with Crippen LogP contribution in [0.15, 0.2) is 12.1 Å². The standard InChI is InChI=1S/C16H22ClNO/c1-2-4-16(5-6-16)11-18-10-13-9-14(17)8-12-3-7-19-15(12)13/h8-9,18H,2-7,10-11H2,1H3. The van der Waals surface area contributed by atoms with E-state index in [0.717, 1.165) is 36.9 Å². The van der Waals surface area contributed by atoms with Crippen molar-refractivity contribution < 1.29 is 4.74 Å². The molecule has 0 atom stereocenters. The number of ether oxygens (including phenoxy) is 1. The zero-order valence-corrected chi connectivity index (χ0v) is 12.4. The highest BCUT2D eigenvalue weighted by molar-refractivity contribution is 6.30. The Morgan fingerprint density at radius 1 is 1.37 bits per heavy atom. The van der Waals surface area contributed by atoms with Crippen LogP contribution in [0.4, 0.5) is 0 Å². The number of rotatable bonds is 6. The first-order chi connectivity index (χ1) is 9.22. The molecule has 3 heteroatoms. The first-order valence-corrected chi connectivity index (χ1v) is 7.75. The maximum Gasteiger partial charge on any atom is 0.127 e. The molecule has 0 radical (unpaired) electrons. The number of benzene rings is 1. The SMILES string of the molecule is CCCC1(CNCc2cc(Cl)cc3c2OCC3)CC1. The van der Waals surface area contributed by atoms with Crippen LogP contribution in [0.5, 0.6) is 5.75 Å². The van der Waals surface area contributed by atoms with Crippen LogP contribution in [0.3, 0.4) is 0 Å². The van der Waals surface area contributed by atoms with Gasteiger partial charge in [-0.25, -0.2) is 0 Å². The largest absolute Gasteiger partial charge is 0.493 e. The van der Waals surface area contributed by atoms with Crippen LogP contribution in [0.1, 0.15) is 43.7 Å². The Morgan fingerprint density at radius 3 is 2.95 bits per heavy atom. The third-order valence-corrected chi connectivity index (χ3v) is 4.60.